The van der Waals surface area contributed by atoms with E-state index in [2.05, 4.69) is 5.32 Å². The van der Waals surface area contributed by atoms with Gasteiger partial charge < -0.3 is 24.3 Å². The number of ether oxygens (including phenoxy) is 4. The Morgan fingerprint density at radius 1 is 1.10 bits per heavy atom. The molecule has 2 atom stereocenters. The van der Waals surface area contributed by atoms with Gasteiger partial charge >= 0.3 is 0 Å². The summed E-state index contributed by atoms with van der Waals surface area (Å²) in [4.78, 5) is 12.9. The molecule has 0 aromatic heterocycles. The highest BCUT2D eigenvalue weighted by Gasteiger charge is 2.35. The Morgan fingerprint density at radius 2 is 1.77 bits per heavy atom. The van der Waals surface area contributed by atoms with E-state index < -0.39 is 28.1 Å². The van der Waals surface area contributed by atoms with Crippen LogP contribution in [0.1, 0.15) is 6.92 Å². The van der Waals surface area contributed by atoms with E-state index in [4.69, 9.17) is 18.9 Å². The van der Waals surface area contributed by atoms with Gasteiger partial charge in [-0.25, -0.2) is 8.42 Å². The molecule has 2 aromatic carbocycles. The molecule has 1 saturated heterocycles. The third-order valence-electron chi connectivity index (χ3n) is 5.12. The number of fused-ring (bicyclic) bond motifs is 1. The van der Waals surface area contributed by atoms with Gasteiger partial charge in [0.25, 0.3) is 5.91 Å². The molecular formula is C21H24N2O7S. The van der Waals surface area contributed by atoms with Gasteiger partial charge in [-0.05, 0) is 37.3 Å². The molecule has 0 saturated carbocycles. The predicted molar refractivity (Wildman–Crippen MR) is 112 cm³/mol. The summed E-state index contributed by atoms with van der Waals surface area (Å²) in [7, 11) is -2.42. The molecule has 10 heteroatoms. The minimum Gasteiger partial charge on any atom is -0.495 e. The molecule has 0 spiro atoms. The Morgan fingerprint density at radius 3 is 2.45 bits per heavy atom. The summed E-state index contributed by atoms with van der Waals surface area (Å²) in [6.07, 6.45) is -1.42. The molecule has 0 aliphatic carbocycles. The monoisotopic (exact) mass is 448 g/mol. The van der Waals surface area contributed by atoms with Gasteiger partial charge in [-0.1, -0.05) is 12.1 Å². The topological polar surface area (TPSA) is 103 Å². The van der Waals surface area contributed by atoms with Gasteiger partial charge in [0.2, 0.25) is 16.1 Å². The first-order valence-corrected chi connectivity index (χ1v) is 11.3. The van der Waals surface area contributed by atoms with Crippen molar-refractivity contribution in [3.8, 4) is 17.2 Å². The number of para-hydroxylation sites is 2. The lowest BCUT2D eigenvalue weighted by Crippen LogP contribution is -2.46. The van der Waals surface area contributed by atoms with E-state index in [-0.39, 0.29) is 23.7 Å². The van der Waals surface area contributed by atoms with Crippen molar-refractivity contribution >= 4 is 21.6 Å². The lowest BCUT2D eigenvalue weighted by Gasteiger charge is -2.31. The summed E-state index contributed by atoms with van der Waals surface area (Å²) < 4.78 is 49.7. The number of rotatable bonds is 5. The van der Waals surface area contributed by atoms with Crippen LogP contribution in [0.25, 0.3) is 0 Å². The number of hydrogen-bond acceptors (Lipinski definition) is 7. The van der Waals surface area contributed by atoms with Crippen LogP contribution >= 0.6 is 0 Å². The van der Waals surface area contributed by atoms with Crippen molar-refractivity contribution in [2.75, 3.05) is 38.7 Å². The van der Waals surface area contributed by atoms with Crippen molar-refractivity contribution in [2.45, 2.75) is 24.0 Å². The summed E-state index contributed by atoms with van der Waals surface area (Å²) in [6, 6.07) is 11.6. The lowest BCUT2D eigenvalue weighted by atomic mass is 10.1. The lowest BCUT2D eigenvalue weighted by molar-refractivity contribution is -0.128. The molecule has 0 bridgehead atoms. The van der Waals surface area contributed by atoms with E-state index >= 15 is 0 Å². The van der Waals surface area contributed by atoms with Crippen molar-refractivity contribution in [1.29, 1.82) is 0 Å². The van der Waals surface area contributed by atoms with Gasteiger partial charge in [-0.15, -0.1) is 0 Å². The fraction of sp³-hybridized carbons (Fsp3) is 0.381. The molecule has 2 aliphatic rings. The Balaban J connectivity index is 1.56. The molecule has 2 aromatic rings. The molecule has 166 valence electrons. The van der Waals surface area contributed by atoms with Crippen molar-refractivity contribution in [2.24, 2.45) is 0 Å². The number of amides is 1. The first-order valence-electron chi connectivity index (χ1n) is 9.89. The van der Waals surface area contributed by atoms with Gasteiger partial charge in [-0.2, -0.15) is 4.31 Å². The fourth-order valence-corrected chi connectivity index (χ4v) is 5.09. The van der Waals surface area contributed by atoms with Gasteiger partial charge in [0.1, 0.15) is 16.7 Å². The molecule has 0 unspecified atom stereocenters. The normalized spacial score (nSPS) is 21.4. The van der Waals surface area contributed by atoms with Crippen LogP contribution in [-0.4, -0.2) is 64.3 Å². The SMILES string of the molecule is COc1ccc(NC(=O)[C@H]2Oc3ccccc3O[C@@H]2C)cc1S(=O)(=O)N1CCOCC1. The fourth-order valence-electron chi connectivity index (χ4n) is 3.50. The number of methoxy groups -OCH3 is 1. The molecule has 2 heterocycles. The molecule has 4 rings (SSSR count). The highest BCUT2D eigenvalue weighted by molar-refractivity contribution is 7.89. The second-order valence-corrected chi connectivity index (χ2v) is 9.09. The van der Waals surface area contributed by atoms with Crippen LogP contribution in [0.4, 0.5) is 5.69 Å². The summed E-state index contributed by atoms with van der Waals surface area (Å²) in [5.41, 5.74) is 0.312. The number of anilines is 1. The van der Waals surface area contributed by atoms with E-state index in [0.717, 1.165) is 0 Å². The van der Waals surface area contributed by atoms with Gasteiger partial charge in [0.15, 0.2) is 11.5 Å². The molecular weight excluding hydrogens is 424 g/mol. The van der Waals surface area contributed by atoms with E-state index in [9.17, 15) is 13.2 Å². The highest BCUT2D eigenvalue weighted by Crippen LogP contribution is 2.34. The molecule has 2 aliphatic heterocycles. The molecule has 1 fully saturated rings. The second kappa shape index (κ2) is 8.74. The van der Waals surface area contributed by atoms with Crippen molar-refractivity contribution in [1.82, 2.24) is 4.31 Å². The summed E-state index contributed by atoms with van der Waals surface area (Å²) in [5, 5.41) is 2.73. The zero-order valence-electron chi connectivity index (χ0n) is 17.2. The molecule has 9 nitrogen and oxygen atoms in total. The van der Waals surface area contributed by atoms with E-state index in [1.54, 1.807) is 31.2 Å². The molecule has 31 heavy (non-hydrogen) atoms. The average molecular weight is 448 g/mol. The van der Waals surface area contributed by atoms with Crippen LogP contribution in [0.3, 0.4) is 0 Å². The number of sulfonamides is 1. The number of carbonyl (C=O) groups excluding carboxylic acids is 1. The van der Waals surface area contributed by atoms with Crippen LogP contribution in [-0.2, 0) is 19.6 Å². The van der Waals surface area contributed by atoms with Crippen LogP contribution in [0, 0.1) is 0 Å². The van der Waals surface area contributed by atoms with Crippen molar-refractivity contribution in [3.63, 3.8) is 0 Å². The summed E-state index contributed by atoms with van der Waals surface area (Å²) >= 11 is 0. The average Bonchev–Trinajstić information content (AvgIpc) is 2.79. The van der Waals surface area contributed by atoms with E-state index in [1.807, 2.05) is 6.07 Å². The zero-order chi connectivity index (χ0) is 22.0. The predicted octanol–water partition coefficient (Wildman–Crippen LogP) is 1.88. The van der Waals surface area contributed by atoms with E-state index in [0.29, 0.717) is 30.4 Å². The zero-order valence-corrected chi connectivity index (χ0v) is 18.1. The highest BCUT2D eigenvalue weighted by atomic mass is 32.2. The maximum absolute atomic E-state index is 13.1. The largest absolute Gasteiger partial charge is 0.495 e. The molecule has 1 N–H and O–H groups in total. The number of nitrogens with one attached hydrogen (secondary N) is 1. The van der Waals surface area contributed by atoms with Gasteiger partial charge in [0, 0.05) is 18.8 Å². The second-order valence-electron chi connectivity index (χ2n) is 7.18. The van der Waals surface area contributed by atoms with E-state index in [1.165, 1.54) is 23.5 Å². The molecule has 1 amide bonds. The van der Waals surface area contributed by atoms with Crippen LogP contribution in [0.5, 0.6) is 17.2 Å². The number of morpholine rings is 1. The van der Waals surface area contributed by atoms with Gasteiger partial charge in [0.05, 0.1) is 20.3 Å². The third kappa shape index (κ3) is 4.32. The summed E-state index contributed by atoms with van der Waals surface area (Å²) in [5.74, 6) is 0.805. The van der Waals surface area contributed by atoms with Crippen LogP contribution in [0.2, 0.25) is 0 Å². The smallest absolute Gasteiger partial charge is 0.269 e. The Hall–Kier alpha value is -2.82. The van der Waals surface area contributed by atoms with Crippen LogP contribution < -0.4 is 19.5 Å². The minimum atomic E-state index is -3.82. The first-order chi connectivity index (χ1) is 14.9. The molecule has 0 radical (unpaired) electrons. The number of nitrogens with zero attached hydrogens (tertiary/aromatic N) is 1. The Kier molecular flexibility index (Phi) is 6.03. The van der Waals surface area contributed by atoms with Crippen LogP contribution in [0.15, 0.2) is 47.4 Å². The summed E-state index contributed by atoms with van der Waals surface area (Å²) in [6.45, 7) is 2.91. The standard InChI is InChI=1S/C21H24N2O7S/c1-14-20(30-17-6-4-3-5-16(17)29-14)21(24)22-15-7-8-18(27-2)19(13-15)31(25,26)23-9-11-28-12-10-23/h3-8,13-14,20H,9-12H2,1-2H3,(H,22,24)/t14-,20+/m1/s1. The maximum Gasteiger partial charge on any atom is 0.269 e. The Bertz CT molecular complexity index is 1070. The third-order valence-corrected chi connectivity index (χ3v) is 7.04. The van der Waals surface area contributed by atoms with Crippen molar-refractivity contribution < 1.29 is 32.2 Å². The van der Waals surface area contributed by atoms with Crippen molar-refractivity contribution in [3.05, 3.63) is 42.5 Å². The number of carbonyl (C=O) groups is 1. The maximum atomic E-state index is 13.1. The quantitative estimate of drug-likeness (QED) is 0.745. The number of hydrogen-bond donors (Lipinski definition) is 1. The van der Waals surface area contributed by atoms with Gasteiger partial charge in [-0.3, -0.25) is 4.79 Å². The first kappa shape index (κ1) is 21.4. The Labute approximate surface area is 180 Å². The minimum absolute atomic E-state index is 0.0195. The number of benzene rings is 2.